The third kappa shape index (κ3) is 5.23. The van der Waals surface area contributed by atoms with E-state index in [0.717, 1.165) is 36.5 Å². The van der Waals surface area contributed by atoms with Crippen LogP contribution in [0.2, 0.25) is 0 Å². The molecule has 0 bridgehead atoms. The third-order valence-corrected chi connectivity index (χ3v) is 3.18. The molecule has 1 rings (SSSR count). The van der Waals surface area contributed by atoms with Crippen molar-refractivity contribution in [3.63, 3.8) is 0 Å². The molecule has 3 nitrogen and oxygen atoms in total. The number of nitrogens with zero attached hydrogens (tertiary/aromatic N) is 1. The Morgan fingerprint density at radius 2 is 2.12 bits per heavy atom. The summed E-state index contributed by atoms with van der Waals surface area (Å²) in [5.41, 5.74) is 5.94. The lowest BCUT2D eigenvalue weighted by Gasteiger charge is -2.31. The molecule has 0 fully saturated rings. The summed E-state index contributed by atoms with van der Waals surface area (Å²) >= 11 is 3.33. The molecule has 0 saturated heterocycles. The van der Waals surface area contributed by atoms with Crippen LogP contribution < -0.4 is 5.73 Å². The van der Waals surface area contributed by atoms with Gasteiger partial charge < -0.3 is 10.2 Å². The minimum atomic E-state index is 0.152. The minimum Gasteiger partial charge on any atom is -0.453 e. The van der Waals surface area contributed by atoms with Crippen LogP contribution in [0.4, 0.5) is 0 Å². The summed E-state index contributed by atoms with van der Waals surface area (Å²) in [5.74, 6) is 0.998. The molecule has 0 atom stereocenters. The van der Waals surface area contributed by atoms with E-state index in [9.17, 15) is 0 Å². The SMILES string of the molecule is CCCN(Cc1ccc(Br)o1)CC(C)(C)CN. The highest BCUT2D eigenvalue weighted by Gasteiger charge is 2.20. The lowest BCUT2D eigenvalue weighted by atomic mass is 9.93. The highest BCUT2D eigenvalue weighted by Crippen LogP contribution is 2.19. The zero-order valence-electron chi connectivity index (χ0n) is 11.0. The molecular weight excluding hydrogens is 280 g/mol. The fourth-order valence-corrected chi connectivity index (χ4v) is 2.20. The number of hydrogen-bond donors (Lipinski definition) is 1. The molecule has 0 saturated carbocycles. The van der Waals surface area contributed by atoms with Crippen molar-refractivity contribution in [2.75, 3.05) is 19.6 Å². The Labute approximate surface area is 112 Å². The second kappa shape index (κ2) is 6.57. The van der Waals surface area contributed by atoms with Gasteiger partial charge in [0.15, 0.2) is 4.67 Å². The molecule has 2 N–H and O–H groups in total. The largest absolute Gasteiger partial charge is 0.453 e. The van der Waals surface area contributed by atoms with Gasteiger partial charge >= 0.3 is 0 Å². The van der Waals surface area contributed by atoms with Crippen LogP contribution >= 0.6 is 15.9 Å². The van der Waals surface area contributed by atoms with Crippen molar-refractivity contribution in [3.8, 4) is 0 Å². The van der Waals surface area contributed by atoms with Crippen LogP contribution in [0.3, 0.4) is 0 Å². The summed E-state index contributed by atoms with van der Waals surface area (Å²) in [5, 5.41) is 0. The number of rotatable bonds is 7. The topological polar surface area (TPSA) is 42.4 Å². The Balaban J connectivity index is 2.60. The highest BCUT2D eigenvalue weighted by molar-refractivity contribution is 9.10. The van der Waals surface area contributed by atoms with Crippen LogP contribution in [0.15, 0.2) is 21.2 Å². The molecule has 0 spiro atoms. The smallest absolute Gasteiger partial charge is 0.169 e. The quantitative estimate of drug-likeness (QED) is 0.841. The fourth-order valence-electron chi connectivity index (χ4n) is 1.86. The van der Waals surface area contributed by atoms with Crippen LogP contribution in [-0.2, 0) is 6.54 Å². The monoisotopic (exact) mass is 302 g/mol. The Morgan fingerprint density at radius 1 is 1.41 bits per heavy atom. The number of hydrogen-bond acceptors (Lipinski definition) is 3. The van der Waals surface area contributed by atoms with Crippen molar-refractivity contribution in [1.82, 2.24) is 4.90 Å². The third-order valence-electron chi connectivity index (χ3n) is 2.75. The second-order valence-electron chi connectivity index (χ2n) is 5.28. The molecule has 0 aliphatic rings. The van der Waals surface area contributed by atoms with Gasteiger partial charge in [0.2, 0.25) is 0 Å². The van der Waals surface area contributed by atoms with Crippen molar-refractivity contribution in [3.05, 3.63) is 22.6 Å². The average molecular weight is 303 g/mol. The number of nitrogens with two attached hydrogens (primary N) is 1. The van der Waals surface area contributed by atoms with Gasteiger partial charge in [0.05, 0.1) is 6.54 Å². The Kier molecular flexibility index (Phi) is 5.70. The first-order valence-electron chi connectivity index (χ1n) is 6.13. The van der Waals surface area contributed by atoms with Gasteiger partial charge in [-0.15, -0.1) is 0 Å². The van der Waals surface area contributed by atoms with Gasteiger partial charge in [-0.2, -0.15) is 0 Å². The highest BCUT2D eigenvalue weighted by atomic mass is 79.9. The zero-order chi connectivity index (χ0) is 12.9. The molecular formula is C13H23BrN2O. The van der Waals surface area contributed by atoms with Crippen LogP contribution in [0.5, 0.6) is 0 Å². The van der Waals surface area contributed by atoms with E-state index in [1.165, 1.54) is 0 Å². The maximum absolute atomic E-state index is 5.79. The van der Waals surface area contributed by atoms with Crippen LogP contribution in [-0.4, -0.2) is 24.5 Å². The van der Waals surface area contributed by atoms with Gasteiger partial charge in [-0.05, 0) is 53.0 Å². The Bertz CT molecular complexity index is 336. The minimum absolute atomic E-state index is 0.152. The Morgan fingerprint density at radius 3 is 2.59 bits per heavy atom. The summed E-state index contributed by atoms with van der Waals surface area (Å²) in [4.78, 5) is 2.40. The van der Waals surface area contributed by atoms with Gasteiger partial charge in [0, 0.05) is 6.54 Å². The van der Waals surface area contributed by atoms with Crippen molar-refractivity contribution in [2.45, 2.75) is 33.7 Å². The molecule has 1 aromatic rings. The van der Waals surface area contributed by atoms with E-state index >= 15 is 0 Å². The van der Waals surface area contributed by atoms with Crippen molar-refractivity contribution < 1.29 is 4.42 Å². The molecule has 0 unspecified atom stereocenters. The molecule has 98 valence electrons. The molecule has 0 radical (unpaired) electrons. The number of furan rings is 1. The standard InChI is InChI=1S/C13H23BrN2O/c1-4-7-16(10-13(2,3)9-15)8-11-5-6-12(14)17-11/h5-6H,4,7-10,15H2,1-3H3. The molecule has 0 aliphatic carbocycles. The van der Waals surface area contributed by atoms with Crippen LogP contribution in [0.1, 0.15) is 33.0 Å². The zero-order valence-corrected chi connectivity index (χ0v) is 12.6. The molecule has 0 aliphatic heterocycles. The molecule has 4 heteroatoms. The Hall–Kier alpha value is -0.320. The molecule has 0 aromatic carbocycles. The summed E-state index contributed by atoms with van der Waals surface area (Å²) in [6.45, 7) is 10.2. The van der Waals surface area contributed by atoms with Gasteiger partial charge in [0.25, 0.3) is 0 Å². The molecule has 1 heterocycles. The van der Waals surface area contributed by atoms with Crippen LogP contribution in [0.25, 0.3) is 0 Å². The summed E-state index contributed by atoms with van der Waals surface area (Å²) in [7, 11) is 0. The molecule has 0 amide bonds. The van der Waals surface area contributed by atoms with E-state index in [-0.39, 0.29) is 5.41 Å². The van der Waals surface area contributed by atoms with Crippen molar-refractivity contribution in [1.29, 1.82) is 0 Å². The normalized spacial score (nSPS) is 12.4. The van der Waals surface area contributed by atoms with Gasteiger partial charge in [-0.1, -0.05) is 20.8 Å². The lowest BCUT2D eigenvalue weighted by Crippen LogP contribution is -2.38. The van der Waals surface area contributed by atoms with Crippen molar-refractivity contribution in [2.24, 2.45) is 11.1 Å². The summed E-state index contributed by atoms with van der Waals surface area (Å²) in [6, 6.07) is 3.95. The molecule has 1 aromatic heterocycles. The van der Waals surface area contributed by atoms with E-state index < -0.39 is 0 Å². The first kappa shape index (κ1) is 14.7. The van der Waals surface area contributed by atoms with Crippen LogP contribution in [0, 0.1) is 5.41 Å². The van der Waals surface area contributed by atoms with E-state index in [0.29, 0.717) is 6.54 Å². The number of halogens is 1. The maximum atomic E-state index is 5.79. The first-order valence-corrected chi connectivity index (χ1v) is 6.93. The van der Waals surface area contributed by atoms with E-state index in [2.05, 4.69) is 41.6 Å². The molecule has 17 heavy (non-hydrogen) atoms. The van der Waals surface area contributed by atoms with E-state index in [1.54, 1.807) is 0 Å². The van der Waals surface area contributed by atoms with E-state index in [4.69, 9.17) is 10.2 Å². The fraction of sp³-hybridized carbons (Fsp3) is 0.692. The van der Waals surface area contributed by atoms with Gasteiger partial charge in [-0.3, -0.25) is 4.90 Å². The second-order valence-corrected chi connectivity index (χ2v) is 6.07. The average Bonchev–Trinajstić information content (AvgIpc) is 2.64. The predicted octanol–water partition coefficient (Wildman–Crippen LogP) is 3.24. The van der Waals surface area contributed by atoms with Crippen molar-refractivity contribution >= 4 is 15.9 Å². The summed E-state index contributed by atoms with van der Waals surface area (Å²) < 4.78 is 6.35. The lowest BCUT2D eigenvalue weighted by molar-refractivity contribution is 0.165. The predicted molar refractivity (Wildman–Crippen MR) is 74.8 cm³/mol. The maximum Gasteiger partial charge on any atom is 0.169 e. The van der Waals surface area contributed by atoms with Gasteiger partial charge in [0.1, 0.15) is 5.76 Å². The van der Waals surface area contributed by atoms with E-state index in [1.807, 2.05) is 12.1 Å². The summed E-state index contributed by atoms with van der Waals surface area (Å²) in [6.07, 6.45) is 1.14. The first-order chi connectivity index (χ1) is 7.96. The van der Waals surface area contributed by atoms with Gasteiger partial charge in [-0.25, -0.2) is 0 Å².